The predicted molar refractivity (Wildman–Crippen MR) is 97.7 cm³/mol. The number of carbonyl (C=O) groups excluding carboxylic acids is 2. The van der Waals surface area contributed by atoms with E-state index in [4.69, 9.17) is 4.74 Å². The number of hydrogen-bond acceptors (Lipinski definition) is 3. The minimum Gasteiger partial charge on any atom is -0.496 e. The maximum absolute atomic E-state index is 11.9. The molecule has 0 unspecified atom stereocenters. The molecular formula is C19H29N3O3. The van der Waals surface area contributed by atoms with Crippen molar-refractivity contribution in [3.8, 4) is 5.75 Å². The Balaban J connectivity index is 1.61. The molecule has 1 aliphatic rings. The summed E-state index contributed by atoms with van der Waals surface area (Å²) in [5.74, 6) is 1.37. The monoisotopic (exact) mass is 347 g/mol. The fraction of sp³-hybridized carbons (Fsp3) is 0.579. The van der Waals surface area contributed by atoms with E-state index in [2.05, 4.69) is 22.9 Å². The third kappa shape index (κ3) is 6.64. The summed E-state index contributed by atoms with van der Waals surface area (Å²) in [6.07, 6.45) is 5.00. The first kappa shape index (κ1) is 19.1. The zero-order valence-corrected chi connectivity index (χ0v) is 15.1. The van der Waals surface area contributed by atoms with Crippen LogP contribution in [-0.4, -0.2) is 38.2 Å². The van der Waals surface area contributed by atoms with E-state index >= 15 is 0 Å². The van der Waals surface area contributed by atoms with Gasteiger partial charge in [-0.2, -0.15) is 0 Å². The third-order valence-corrected chi connectivity index (χ3v) is 4.67. The van der Waals surface area contributed by atoms with Gasteiger partial charge in [0.2, 0.25) is 5.91 Å². The standard InChI is InChI=1S/C19H29N3O3/c1-14-7-9-16(10-8-14)22-19(24)21-13-18(23)20-12-11-15-5-3-4-6-17(15)25-2/h3-6,14,16H,7-13H2,1-2H3,(H,20,23)(H2,21,22,24). The fourth-order valence-electron chi connectivity index (χ4n) is 3.11. The Morgan fingerprint density at radius 1 is 1.12 bits per heavy atom. The Hall–Kier alpha value is -2.24. The highest BCUT2D eigenvalue weighted by molar-refractivity contribution is 5.83. The number of hydrogen-bond donors (Lipinski definition) is 3. The molecule has 0 spiro atoms. The fourth-order valence-corrected chi connectivity index (χ4v) is 3.11. The van der Waals surface area contributed by atoms with Crippen LogP contribution in [0.5, 0.6) is 5.75 Å². The summed E-state index contributed by atoms with van der Waals surface area (Å²) in [4.78, 5) is 23.7. The van der Waals surface area contributed by atoms with Crippen molar-refractivity contribution in [1.82, 2.24) is 16.0 Å². The van der Waals surface area contributed by atoms with E-state index in [9.17, 15) is 9.59 Å². The van der Waals surface area contributed by atoms with Crippen LogP contribution in [-0.2, 0) is 11.2 Å². The van der Waals surface area contributed by atoms with Crippen LogP contribution < -0.4 is 20.7 Å². The molecule has 0 aliphatic heterocycles. The van der Waals surface area contributed by atoms with Crippen molar-refractivity contribution in [3.63, 3.8) is 0 Å². The zero-order valence-electron chi connectivity index (χ0n) is 15.1. The molecule has 1 aromatic carbocycles. The van der Waals surface area contributed by atoms with Gasteiger partial charge in [-0.05, 0) is 49.7 Å². The predicted octanol–water partition coefficient (Wildman–Crippen LogP) is 2.23. The van der Waals surface area contributed by atoms with Gasteiger partial charge >= 0.3 is 6.03 Å². The van der Waals surface area contributed by atoms with Crippen LogP contribution in [0.15, 0.2) is 24.3 Å². The summed E-state index contributed by atoms with van der Waals surface area (Å²) in [5.41, 5.74) is 1.04. The van der Waals surface area contributed by atoms with E-state index in [1.165, 1.54) is 0 Å². The van der Waals surface area contributed by atoms with Gasteiger partial charge in [-0.15, -0.1) is 0 Å². The smallest absolute Gasteiger partial charge is 0.315 e. The quantitative estimate of drug-likeness (QED) is 0.708. The molecule has 3 amide bonds. The van der Waals surface area contributed by atoms with Crippen molar-refractivity contribution < 1.29 is 14.3 Å². The van der Waals surface area contributed by atoms with Crippen molar-refractivity contribution in [1.29, 1.82) is 0 Å². The maximum Gasteiger partial charge on any atom is 0.315 e. The Kier molecular flexibility index (Phi) is 7.57. The largest absolute Gasteiger partial charge is 0.496 e. The van der Waals surface area contributed by atoms with Crippen LogP contribution >= 0.6 is 0 Å². The van der Waals surface area contributed by atoms with Gasteiger partial charge in [-0.3, -0.25) is 4.79 Å². The molecule has 0 bridgehead atoms. The van der Waals surface area contributed by atoms with Crippen LogP contribution in [0.1, 0.15) is 38.2 Å². The molecule has 25 heavy (non-hydrogen) atoms. The summed E-state index contributed by atoms with van der Waals surface area (Å²) in [6.45, 7) is 2.73. The second kappa shape index (κ2) is 9.91. The number of amides is 3. The molecule has 1 fully saturated rings. The number of para-hydroxylation sites is 1. The van der Waals surface area contributed by atoms with E-state index in [0.717, 1.165) is 42.9 Å². The number of ether oxygens (including phenoxy) is 1. The first-order chi connectivity index (χ1) is 12.1. The van der Waals surface area contributed by atoms with Crippen molar-refractivity contribution in [2.24, 2.45) is 5.92 Å². The molecule has 6 heteroatoms. The highest BCUT2D eigenvalue weighted by Crippen LogP contribution is 2.23. The molecule has 0 aromatic heterocycles. The number of rotatable bonds is 7. The molecule has 1 aliphatic carbocycles. The lowest BCUT2D eigenvalue weighted by molar-refractivity contribution is -0.120. The van der Waals surface area contributed by atoms with Crippen molar-refractivity contribution in [2.75, 3.05) is 20.2 Å². The molecular weight excluding hydrogens is 318 g/mol. The van der Waals surface area contributed by atoms with E-state index in [1.807, 2.05) is 24.3 Å². The van der Waals surface area contributed by atoms with Crippen LogP contribution in [0.2, 0.25) is 0 Å². The van der Waals surface area contributed by atoms with E-state index < -0.39 is 0 Å². The number of carbonyl (C=O) groups is 2. The topological polar surface area (TPSA) is 79.5 Å². The van der Waals surface area contributed by atoms with Crippen molar-refractivity contribution >= 4 is 11.9 Å². The summed E-state index contributed by atoms with van der Waals surface area (Å²) >= 11 is 0. The molecule has 1 saturated carbocycles. The second-order valence-electron chi connectivity index (χ2n) is 6.70. The first-order valence-corrected chi connectivity index (χ1v) is 9.01. The Labute approximate surface area is 149 Å². The minimum atomic E-state index is -0.264. The molecule has 3 N–H and O–H groups in total. The molecule has 0 atom stereocenters. The SMILES string of the molecule is COc1ccccc1CCNC(=O)CNC(=O)NC1CCC(C)CC1. The average Bonchev–Trinajstić information content (AvgIpc) is 2.62. The highest BCUT2D eigenvalue weighted by atomic mass is 16.5. The maximum atomic E-state index is 11.9. The van der Waals surface area contributed by atoms with Crippen LogP contribution in [0, 0.1) is 5.92 Å². The van der Waals surface area contributed by atoms with Crippen LogP contribution in [0.3, 0.4) is 0 Å². The summed E-state index contributed by atoms with van der Waals surface area (Å²) in [5, 5.41) is 8.38. The summed E-state index contributed by atoms with van der Waals surface area (Å²) in [6, 6.07) is 7.69. The van der Waals surface area contributed by atoms with Crippen LogP contribution in [0.4, 0.5) is 4.79 Å². The number of urea groups is 1. The minimum absolute atomic E-state index is 0.0130. The normalized spacial score (nSPS) is 19.8. The zero-order chi connectivity index (χ0) is 18.1. The Morgan fingerprint density at radius 3 is 2.56 bits per heavy atom. The highest BCUT2D eigenvalue weighted by Gasteiger charge is 2.19. The van der Waals surface area contributed by atoms with Gasteiger partial charge in [-0.1, -0.05) is 25.1 Å². The lowest BCUT2D eigenvalue weighted by Crippen LogP contribution is -2.46. The number of methoxy groups -OCH3 is 1. The lowest BCUT2D eigenvalue weighted by atomic mass is 9.87. The van der Waals surface area contributed by atoms with E-state index in [0.29, 0.717) is 13.0 Å². The molecule has 0 radical (unpaired) electrons. The van der Waals surface area contributed by atoms with Gasteiger partial charge < -0.3 is 20.7 Å². The first-order valence-electron chi connectivity index (χ1n) is 9.01. The Bertz CT molecular complexity index is 569. The second-order valence-corrected chi connectivity index (χ2v) is 6.70. The van der Waals surface area contributed by atoms with E-state index in [1.54, 1.807) is 7.11 Å². The van der Waals surface area contributed by atoms with Gasteiger partial charge in [0.25, 0.3) is 0 Å². The molecule has 2 rings (SSSR count). The van der Waals surface area contributed by atoms with Gasteiger partial charge in [-0.25, -0.2) is 4.79 Å². The van der Waals surface area contributed by atoms with E-state index in [-0.39, 0.29) is 24.5 Å². The van der Waals surface area contributed by atoms with Gasteiger partial charge in [0.15, 0.2) is 0 Å². The van der Waals surface area contributed by atoms with Gasteiger partial charge in [0.05, 0.1) is 13.7 Å². The average molecular weight is 347 g/mol. The molecule has 138 valence electrons. The Morgan fingerprint density at radius 2 is 1.84 bits per heavy atom. The molecule has 1 aromatic rings. The van der Waals surface area contributed by atoms with Gasteiger partial charge in [0.1, 0.15) is 5.75 Å². The molecule has 0 heterocycles. The molecule has 6 nitrogen and oxygen atoms in total. The molecule has 0 saturated heterocycles. The van der Waals surface area contributed by atoms with Crippen LogP contribution in [0.25, 0.3) is 0 Å². The van der Waals surface area contributed by atoms with Crippen molar-refractivity contribution in [3.05, 3.63) is 29.8 Å². The summed E-state index contributed by atoms with van der Waals surface area (Å²) < 4.78 is 5.28. The number of nitrogens with one attached hydrogen (secondary N) is 3. The number of benzene rings is 1. The lowest BCUT2D eigenvalue weighted by Gasteiger charge is -2.26. The van der Waals surface area contributed by atoms with Crippen molar-refractivity contribution in [2.45, 2.75) is 45.1 Å². The third-order valence-electron chi connectivity index (χ3n) is 4.67. The van der Waals surface area contributed by atoms with Gasteiger partial charge in [0, 0.05) is 12.6 Å². The summed E-state index contributed by atoms with van der Waals surface area (Å²) in [7, 11) is 1.63.